The highest BCUT2D eigenvalue weighted by atomic mass is 16.3. The van der Waals surface area contributed by atoms with E-state index >= 15 is 0 Å². The van der Waals surface area contributed by atoms with Crippen molar-refractivity contribution in [3.63, 3.8) is 0 Å². The van der Waals surface area contributed by atoms with Crippen LogP contribution in [-0.2, 0) is 0 Å². The van der Waals surface area contributed by atoms with Gasteiger partial charge in [-0.2, -0.15) is 0 Å². The summed E-state index contributed by atoms with van der Waals surface area (Å²) in [4.78, 5) is 0. The zero-order chi connectivity index (χ0) is 14.6. The van der Waals surface area contributed by atoms with Gasteiger partial charge in [0.05, 0.1) is 5.60 Å². The summed E-state index contributed by atoms with van der Waals surface area (Å²) in [6, 6.07) is 0. The second-order valence-corrected chi connectivity index (χ2v) is 6.61. The Balaban J connectivity index is 2.74. The lowest BCUT2D eigenvalue weighted by Crippen LogP contribution is -2.49. The third-order valence-corrected chi connectivity index (χ3v) is 5.52. The zero-order valence-electron chi connectivity index (χ0n) is 13.1. The van der Waals surface area contributed by atoms with Gasteiger partial charge in [-0.15, -0.1) is 6.58 Å². The van der Waals surface area contributed by atoms with Crippen LogP contribution in [0.2, 0.25) is 0 Å². The van der Waals surface area contributed by atoms with Gasteiger partial charge in [-0.05, 0) is 58.1 Å². The summed E-state index contributed by atoms with van der Waals surface area (Å²) in [5.41, 5.74) is 5.12. The minimum absolute atomic E-state index is 0.291. The summed E-state index contributed by atoms with van der Waals surface area (Å²) < 4.78 is 0. The average molecular weight is 258 g/mol. The molecule has 104 valence electrons. The van der Waals surface area contributed by atoms with Gasteiger partial charge in [0.1, 0.15) is 0 Å². The van der Waals surface area contributed by atoms with Gasteiger partial charge < -0.3 is 5.11 Å². The maximum absolute atomic E-state index is 11.2. The van der Waals surface area contributed by atoms with E-state index in [4.69, 9.17) is 0 Å². The maximum atomic E-state index is 11.2. The minimum Gasteiger partial charge on any atom is -0.385 e. The van der Waals surface area contributed by atoms with Crippen LogP contribution in [-0.4, -0.2) is 10.7 Å². The van der Waals surface area contributed by atoms with Crippen molar-refractivity contribution >= 4 is 0 Å². The van der Waals surface area contributed by atoms with Gasteiger partial charge in [0.25, 0.3) is 0 Å². The van der Waals surface area contributed by atoms with Crippen LogP contribution < -0.4 is 0 Å². The van der Waals surface area contributed by atoms with Crippen LogP contribution in [0, 0.1) is 11.3 Å². The monoisotopic (exact) mass is 258 g/mol. The molecule has 3 unspecified atom stereocenters. The van der Waals surface area contributed by atoms with Gasteiger partial charge in [0, 0.05) is 5.41 Å². The summed E-state index contributed by atoms with van der Waals surface area (Å²) in [6.45, 7) is 16.8. The normalized spacial score (nSPS) is 37.9. The molecule has 0 amide bonds. The Morgan fingerprint density at radius 2 is 1.89 bits per heavy atom. The Labute approximate surface area is 117 Å². The van der Waals surface area contributed by atoms with Crippen LogP contribution in [0.1, 0.15) is 48.0 Å². The topological polar surface area (TPSA) is 20.2 Å². The molecule has 0 heterocycles. The van der Waals surface area contributed by atoms with Crippen molar-refractivity contribution in [1.82, 2.24) is 0 Å². The van der Waals surface area contributed by atoms with Crippen molar-refractivity contribution in [2.45, 2.75) is 53.6 Å². The Morgan fingerprint density at radius 1 is 1.32 bits per heavy atom. The first-order valence-corrected chi connectivity index (χ1v) is 7.10. The standard InChI is InChI=1S/C18H26O/c1-11(2)10-18-15(6)13(4)14(5)16(18)9-8-12(3)17(18,7)19/h8-9,14,19H,1,10H2,2-7H3. The van der Waals surface area contributed by atoms with E-state index in [-0.39, 0.29) is 5.41 Å². The van der Waals surface area contributed by atoms with Crippen molar-refractivity contribution in [3.05, 3.63) is 46.6 Å². The molecule has 1 nitrogen and oxygen atoms in total. The predicted molar refractivity (Wildman–Crippen MR) is 81.9 cm³/mol. The molecule has 3 atom stereocenters. The molecule has 2 aliphatic rings. The highest BCUT2D eigenvalue weighted by Gasteiger charge is 2.57. The molecule has 1 N–H and O–H groups in total. The minimum atomic E-state index is -0.827. The van der Waals surface area contributed by atoms with Gasteiger partial charge in [0.2, 0.25) is 0 Å². The molecule has 0 saturated carbocycles. The molecule has 0 aromatic heterocycles. The van der Waals surface area contributed by atoms with E-state index in [1.165, 1.54) is 16.7 Å². The van der Waals surface area contributed by atoms with E-state index in [0.29, 0.717) is 5.92 Å². The van der Waals surface area contributed by atoms with Crippen molar-refractivity contribution in [3.8, 4) is 0 Å². The van der Waals surface area contributed by atoms with E-state index in [1.54, 1.807) is 0 Å². The van der Waals surface area contributed by atoms with E-state index in [2.05, 4.69) is 46.4 Å². The number of aliphatic hydroxyl groups is 1. The largest absolute Gasteiger partial charge is 0.385 e. The molecular formula is C18H26O. The van der Waals surface area contributed by atoms with Crippen LogP contribution in [0.5, 0.6) is 0 Å². The molecule has 0 aliphatic heterocycles. The molecule has 0 saturated heterocycles. The van der Waals surface area contributed by atoms with Crippen LogP contribution >= 0.6 is 0 Å². The lowest BCUT2D eigenvalue weighted by atomic mass is 9.58. The third-order valence-electron chi connectivity index (χ3n) is 5.52. The van der Waals surface area contributed by atoms with E-state index in [9.17, 15) is 5.11 Å². The third kappa shape index (κ3) is 1.64. The Kier molecular flexibility index (Phi) is 3.17. The van der Waals surface area contributed by atoms with Crippen molar-refractivity contribution in [2.24, 2.45) is 11.3 Å². The van der Waals surface area contributed by atoms with Crippen LogP contribution in [0.4, 0.5) is 0 Å². The molecule has 2 rings (SSSR count). The highest BCUT2D eigenvalue weighted by Crippen LogP contribution is 2.62. The number of allylic oxidation sites excluding steroid dienone is 4. The molecule has 0 aromatic rings. The second kappa shape index (κ2) is 4.21. The lowest BCUT2D eigenvalue weighted by molar-refractivity contribution is 0.00184. The van der Waals surface area contributed by atoms with E-state index in [1.807, 2.05) is 13.8 Å². The molecule has 0 radical (unpaired) electrons. The van der Waals surface area contributed by atoms with Crippen LogP contribution in [0.3, 0.4) is 0 Å². The molecule has 19 heavy (non-hydrogen) atoms. The number of fused-ring (bicyclic) bond motifs is 1. The molecule has 1 heteroatoms. The summed E-state index contributed by atoms with van der Waals surface area (Å²) in [5.74, 6) is 0.412. The SMILES string of the molecule is C=C(C)CC12C(=CC=C(C)C1(C)O)C(C)C(C)=C2C. The Bertz CT molecular complexity index is 528. The number of rotatable bonds is 2. The summed E-state index contributed by atoms with van der Waals surface area (Å²) in [5, 5.41) is 11.2. The summed E-state index contributed by atoms with van der Waals surface area (Å²) in [7, 11) is 0. The molecule has 0 fully saturated rings. The zero-order valence-corrected chi connectivity index (χ0v) is 13.1. The quantitative estimate of drug-likeness (QED) is 0.720. The summed E-state index contributed by atoms with van der Waals surface area (Å²) in [6.07, 6.45) is 5.12. The van der Waals surface area contributed by atoms with Gasteiger partial charge >= 0.3 is 0 Å². The molecule has 0 spiro atoms. The van der Waals surface area contributed by atoms with Crippen molar-refractivity contribution in [2.75, 3.05) is 0 Å². The smallest absolute Gasteiger partial charge is 0.0962 e. The first kappa shape index (κ1) is 14.3. The fraction of sp³-hybridized carbons (Fsp3) is 0.556. The van der Waals surface area contributed by atoms with Crippen LogP contribution in [0.15, 0.2) is 46.6 Å². The van der Waals surface area contributed by atoms with Crippen LogP contribution in [0.25, 0.3) is 0 Å². The fourth-order valence-electron chi connectivity index (χ4n) is 3.99. The summed E-state index contributed by atoms with van der Waals surface area (Å²) >= 11 is 0. The van der Waals surface area contributed by atoms with Crippen molar-refractivity contribution < 1.29 is 5.11 Å². The maximum Gasteiger partial charge on any atom is 0.0962 e. The Morgan fingerprint density at radius 3 is 2.42 bits per heavy atom. The first-order valence-electron chi connectivity index (χ1n) is 7.10. The highest BCUT2D eigenvalue weighted by molar-refractivity contribution is 5.55. The van der Waals surface area contributed by atoms with Crippen molar-refractivity contribution in [1.29, 1.82) is 0 Å². The fourth-order valence-corrected chi connectivity index (χ4v) is 3.99. The van der Waals surface area contributed by atoms with Gasteiger partial charge in [-0.1, -0.05) is 35.8 Å². The van der Waals surface area contributed by atoms with Gasteiger partial charge in [-0.25, -0.2) is 0 Å². The molecule has 0 aromatic carbocycles. The number of hydrogen-bond donors (Lipinski definition) is 1. The Hall–Kier alpha value is -1.08. The lowest BCUT2D eigenvalue weighted by Gasteiger charge is -2.49. The number of hydrogen-bond acceptors (Lipinski definition) is 1. The van der Waals surface area contributed by atoms with Gasteiger partial charge in [-0.3, -0.25) is 0 Å². The molecular weight excluding hydrogens is 232 g/mol. The van der Waals surface area contributed by atoms with E-state index in [0.717, 1.165) is 17.6 Å². The average Bonchev–Trinajstić information content (AvgIpc) is 2.48. The second-order valence-electron chi connectivity index (χ2n) is 6.61. The molecule has 0 bridgehead atoms. The predicted octanol–water partition coefficient (Wildman–Crippen LogP) is 4.56. The molecule has 2 aliphatic carbocycles. The van der Waals surface area contributed by atoms with E-state index < -0.39 is 5.60 Å². The van der Waals surface area contributed by atoms with Gasteiger partial charge in [0.15, 0.2) is 0 Å². The first-order chi connectivity index (χ1) is 8.66.